The number of para-hydroxylation sites is 1. The molecule has 0 aliphatic carbocycles. The Labute approximate surface area is 185 Å². The number of carbonyl (C=O) groups is 2. The second-order valence-corrected chi connectivity index (χ2v) is 7.64. The lowest BCUT2D eigenvalue weighted by Gasteiger charge is -2.25. The molecule has 1 heterocycles. The highest BCUT2D eigenvalue weighted by molar-refractivity contribution is 6.46. The van der Waals surface area contributed by atoms with Crippen LogP contribution in [0.1, 0.15) is 23.6 Å². The number of nitrogens with zero attached hydrogens (tertiary/aromatic N) is 2. The van der Waals surface area contributed by atoms with Gasteiger partial charge >= 0.3 is 0 Å². The van der Waals surface area contributed by atoms with Crippen molar-refractivity contribution in [3.05, 3.63) is 101 Å². The minimum Gasteiger partial charge on any atom is -0.337 e. The molecule has 0 saturated carbocycles. The zero-order valence-corrected chi connectivity index (χ0v) is 18.0. The van der Waals surface area contributed by atoms with E-state index < -0.39 is 23.4 Å². The van der Waals surface area contributed by atoms with Crippen molar-refractivity contribution in [1.82, 2.24) is 0 Å². The van der Waals surface area contributed by atoms with Crippen molar-refractivity contribution in [3.8, 4) is 0 Å². The van der Waals surface area contributed by atoms with E-state index in [9.17, 15) is 18.4 Å². The van der Waals surface area contributed by atoms with Crippen molar-refractivity contribution >= 4 is 28.8 Å². The first-order valence-corrected chi connectivity index (χ1v) is 10.3. The summed E-state index contributed by atoms with van der Waals surface area (Å²) in [5.41, 5.74) is 3.38. The predicted octanol–water partition coefficient (Wildman–Crippen LogP) is 5.39. The molecule has 0 radical (unpaired) electrons. The maximum Gasteiger partial charge on any atom is 0.282 e. The van der Waals surface area contributed by atoms with Crippen LogP contribution in [-0.2, 0) is 9.59 Å². The summed E-state index contributed by atoms with van der Waals surface area (Å²) >= 11 is 0. The van der Waals surface area contributed by atoms with Crippen molar-refractivity contribution in [2.45, 2.75) is 20.8 Å². The highest BCUT2D eigenvalue weighted by Gasteiger charge is 2.43. The maximum absolute atomic E-state index is 14.6. The first-order chi connectivity index (χ1) is 15.3. The fourth-order valence-corrected chi connectivity index (χ4v) is 3.88. The standard InChI is InChI=1S/C26H22F2N2O2/c1-4-29(20-8-6-5-7-9-20)24-23(18-11-10-16(2)17(3)14-18)25(31)30(26(24)32)22-13-12-19(27)15-21(22)28/h5-15H,4H2,1-3H3. The molecule has 6 heteroatoms. The molecule has 0 saturated heterocycles. The van der Waals surface area contributed by atoms with Gasteiger partial charge in [-0.1, -0.05) is 36.4 Å². The smallest absolute Gasteiger partial charge is 0.282 e. The van der Waals surface area contributed by atoms with Crippen molar-refractivity contribution in [2.24, 2.45) is 0 Å². The lowest BCUT2D eigenvalue weighted by atomic mass is 9.99. The number of hydrogen-bond donors (Lipinski definition) is 0. The van der Waals surface area contributed by atoms with Crippen molar-refractivity contribution in [1.29, 1.82) is 0 Å². The number of amides is 2. The second kappa shape index (κ2) is 8.38. The molecule has 0 bridgehead atoms. The van der Waals surface area contributed by atoms with E-state index in [0.29, 0.717) is 18.2 Å². The van der Waals surface area contributed by atoms with Crippen molar-refractivity contribution < 1.29 is 18.4 Å². The van der Waals surface area contributed by atoms with Crippen LogP contribution in [-0.4, -0.2) is 18.4 Å². The van der Waals surface area contributed by atoms with Gasteiger partial charge in [-0.25, -0.2) is 13.7 Å². The summed E-state index contributed by atoms with van der Waals surface area (Å²) in [5.74, 6) is -3.06. The summed E-state index contributed by atoms with van der Waals surface area (Å²) < 4.78 is 28.1. The summed E-state index contributed by atoms with van der Waals surface area (Å²) in [6, 6.07) is 17.5. The van der Waals surface area contributed by atoms with Gasteiger partial charge in [-0.3, -0.25) is 9.59 Å². The summed E-state index contributed by atoms with van der Waals surface area (Å²) in [4.78, 5) is 29.7. The average Bonchev–Trinajstić information content (AvgIpc) is 3.02. The molecule has 1 aliphatic rings. The topological polar surface area (TPSA) is 40.6 Å². The van der Waals surface area contributed by atoms with Gasteiger partial charge < -0.3 is 4.90 Å². The number of carbonyl (C=O) groups excluding carboxylic acids is 2. The Morgan fingerprint density at radius 2 is 1.56 bits per heavy atom. The third-order valence-corrected chi connectivity index (χ3v) is 5.66. The van der Waals surface area contributed by atoms with Crippen LogP contribution in [0.4, 0.5) is 20.2 Å². The normalized spacial score (nSPS) is 13.8. The number of anilines is 2. The lowest BCUT2D eigenvalue weighted by Crippen LogP contribution is -2.36. The molecule has 0 fully saturated rings. The molecule has 0 spiro atoms. The largest absolute Gasteiger partial charge is 0.337 e. The Hall–Kier alpha value is -3.80. The number of halogens is 2. The van der Waals surface area contributed by atoms with Crippen LogP contribution >= 0.6 is 0 Å². The Morgan fingerprint density at radius 3 is 2.19 bits per heavy atom. The first-order valence-electron chi connectivity index (χ1n) is 10.3. The van der Waals surface area contributed by atoms with Gasteiger partial charge in [0, 0.05) is 18.3 Å². The van der Waals surface area contributed by atoms with Gasteiger partial charge in [0.05, 0.1) is 11.3 Å². The highest BCUT2D eigenvalue weighted by Crippen LogP contribution is 2.38. The van der Waals surface area contributed by atoms with Gasteiger partial charge in [0.25, 0.3) is 11.8 Å². The molecule has 162 valence electrons. The van der Waals surface area contributed by atoms with E-state index in [4.69, 9.17) is 0 Å². The average molecular weight is 432 g/mol. The van der Waals surface area contributed by atoms with Crippen LogP contribution in [0.25, 0.3) is 5.57 Å². The molecular formula is C26H22F2N2O2. The van der Waals surface area contributed by atoms with Gasteiger partial charge in [-0.05, 0) is 61.7 Å². The Kier molecular flexibility index (Phi) is 5.61. The molecule has 1 aliphatic heterocycles. The zero-order valence-electron chi connectivity index (χ0n) is 18.0. The number of benzene rings is 3. The molecule has 3 aromatic rings. The van der Waals surface area contributed by atoms with E-state index in [0.717, 1.165) is 33.8 Å². The van der Waals surface area contributed by atoms with Crippen LogP contribution in [0.5, 0.6) is 0 Å². The first kappa shape index (κ1) is 21.4. The summed E-state index contributed by atoms with van der Waals surface area (Å²) in [5, 5.41) is 0. The number of aryl methyl sites for hydroxylation is 2. The van der Waals surface area contributed by atoms with Crippen LogP contribution in [0.3, 0.4) is 0 Å². The van der Waals surface area contributed by atoms with E-state index in [-0.39, 0.29) is 17.0 Å². The fraction of sp³-hybridized carbons (Fsp3) is 0.154. The number of rotatable bonds is 5. The predicted molar refractivity (Wildman–Crippen MR) is 121 cm³/mol. The molecule has 0 atom stereocenters. The van der Waals surface area contributed by atoms with E-state index in [1.807, 2.05) is 63.2 Å². The molecule has 2 amide bonds. The zero-order chi connectivity index (χ0) is 23.0. The van der Waals surface area contributed by atoms with Crippen LogP contribution in [0, 0.1) is 25.5 Å². The van der Waals surface area contributed by atoms with Crippen LogP contribution < -0.4 is 9.80 Å². The molecular weight excluding hydrogens is 410 g/mol. The van der Waals surface area contributed by atoms with Gasteiger partial charge in [-0.15, -0.1) is 0 Å². The second-order valence-electron chi connectivity index (χ2n) is 7.64. The minimum atomic E-state index is -0.977. The van der Waals surface area contributed by atoms with Gasteiger partial charge in [0.1, 0.15) is 17.3 Å². The Balaban J connectivity index is 1.94. The molecule has 3 aromatic carbocycles. The van der Waals surface area contributed by atoms with E-state index >= 15 is 0 Å². The van der Waals surface area contributed by atoms with Gasteiger partial charge in [0.15, 0.2) is 0 Å². The molecule has 4 rings (SSSR count). The summed E-state index contributed by atoms with van der Waals surface area (Å²) in [6.45, 7) is 6.16. The number of likely N-dealkylation sites (N-methyl/N-ethyl adjacent to an activating group) is 1. The van der Waals surface area contributed by atoms with Crippen LogP contribution in [0.2, 0.25) is 0 Å². The molecule has 32 heavy (non-hydrogen) atoms. The highest BCUT2D eigenvalue weighted by atomic mass is 19.1. The Morgan fingerprint density at radius 1 is 0.844 bits per heavy atom. The molecule has 0 aromatic heterocycles. The third-order valence-electron chi connectivity index (χ3n) is 5.66. The van der Waals surface area contributed by atoms with Crippen molar-refractivity contribution in [2.75, 3.05) is 16.3 Å². The minimum absolute atomic E-state index is 0.163. The third kappa shape index (κ3) is 3.58. The van der Waals surface area contributed by atoms with Gasteiger partial charge in [-0.2, -0.15) is 0 Å². The van der Waals surface area contributed by atoms with Crippen molar-refractivity contribution in [3.63, 3.8) is 0 Å². The maximum atomic E-state index is 14.6. The molecule has 0 N–H and O–H groups in total. The number of imide groups is 1. The van der Waals surface area contributed by atoms with Crippen LogP contribution in [0.15, 0.2) is 72.4 Å². The monoisotopic (exact) mass is 432 g/mol. The fourth-order valence-electron chi connectivity index (χ4n) is 3.88. The van der Waals surface area contributed by atoms with E-state index in [1.165, 1.54) is 0 Å². The van der Waals surface area contributed by atoms with E-state index in [2.05, 4.69) is 0 Å². The SMILES string of the molecule is CCN(C1=C(c2ccc(C)c(C)c2)C(=O)N(c2ccc(F)cc2F)C1=O)c1ccccc1. The quantitative estimate of drug-likeness (QED) is 0.508. The molecule has 0 unspecified atom stereocenters. The summed E-state index contributed by atoms with van der Waals surface area (Å²) in [6.07, 6.45) is 0. The summed E-state index contributed by atoms with van der Waals surface area (Å²) in [7, 11) is 0. The molecule has 4 nitrogen and oxygen atoms in total. The van der Waals surface area contributed by atoms with Gasteiger partial charge in [0.2, 0.25) is 0 Å². The van der Waals surface area contributed by atoms with E-state index in [1.54, 1.807) is 11.0 Å². The lowest BCUT2D eigenvalue weighted by molar-refractivity contribution is -0.120. The number of hydrogen-bond acceptors (Lipinski definition) is 3. The Bertz CT molecular complexity index is 1250.